The van der Waals surface area contributed by atoms with Gasteiger partial charge < -0.3 is 19.6 Å². The molecule has 44 heavy (non-hydrogen) atoms. The summed E-state index contributed by atoms with van der Waals surface area (Å²) in [6.45, 7) is 25.3. The average molecular weight is 597 g/mol. The van der Waals surface area contributed by atoms with Crippen molar-refractivity contribution in [3.63, 3.8) is 0 Å². The largest absolute Gasteiger partial charge is 0.372 e. The van der Waals surface area contributed by atoms with Gasteiger partial charge in [-0.3, -0.25) is 19.9 Å². The minimum atomic E-state index is 0.929. The van der Waals surface area contributed by atoms with E-state index in [0.29, 0.717) is 0 Å². The number of aromatic nitrogens is 4. The van der Waals surface area contributed by atoms with Crippen LogP contribution in [0.1, 0.15) is 55.4 Å². The molecule has 0 radical (unpaired) electrons. The van der Waals surface area contributed by atoms with Gasteiger partial charge >= 0.3 is 0 Å². The lowest BCUT2D eigenvalue weighted by atomic mass is 10.2. The Morgan fingerprint density at radius 3 is 0.682 bits per heavy atom. The second-order valence-corrected chi connectivity index (χ2v) is 10.3. The number of hydrogen-bond donors (Lipinski definition) is 0. The fourth-order valence-electron chi connectivity index (χ4n) is 5.38. The van der Waals surface area contributed by atoms with Crippen molar-refractivity contribution in [2.45, 2.75) is 55.4 Å². The van der Waals surface area contributed by atoms with E-state index in [4.69, 9.17) is 0 Å². The van der Waals surface area contributed by atoms with Crippen molar-refractivity contribution in [1.82, 2.24) is 19.9 Å². The molecule has 8 nitrogen and oxygen atoms in total. The molecule has 0 fully saturated rings. The molecule has 0 bridgehead atoms. The van der Waals surface area contributed by atoms with Crippen molar-refractivity contribution >= 4 is 22.7 Å². The van der Waals surface area contributed by atoms with E-state index < -0.39 is 0 Å². The van der Waals surface area contributed by atoms with Crippen molar-refractivity contribution in [1.29, 1.82) is 0 Å². The highest BCUT2D eigenvalue weighted by molar-refractivity contribution is 5.66. The quantitative estimate of drug-likeness (QED) is 0.147. The van der Waals surface area contributed by atoms with Crippen LogP contribution in [0.15, 0.2) is 73.3 Å². The molecule has 0 saturated carbocycles. The van der Waals surface area contributed by atoms with Gasteiger partial charge in [0.15, 0.2) is 0 Å². The maximum atomic E-state index is 4.51. The summed E-state index contributed by atoms with van der Waals surface area (Å²) in [5.41, 5.74) is 8.51. The van der Waals surface area contributed by atoms with Crippen LogP contribution < -0.4 is 19.6 Å². The van der Waals surface area contributed by atoms with Crippen molar-refractivity contribution in [2.24, 2.45) is 0 Å². The number of rotatable bonds is 14. The van der Waals surface area contributed by atoms with E-state index in [2.05, 4.69) is 143 Å². The minimum Gasteiger partial charge on any atom is -0.372 e. The summed E-state index contributed by atoms with van der Waals surface area (Å²) in [5, 5.41) is 0. The van der Waals surface area contributed by atoms with E-state index >= 15 is 0 Å². The van der Waals surface area contributed by atoms with Gasteiger partial charge in [-0.05, 0) is 104 Å². The third kappa shape index (κ3) is 8.91. The van der Waals surface area contributed by atoms with E-state index in [1.807, 2.05) is 24.8 Å². The van der Waals surface area contributed by atoms with Gasteiger partial charge in [0.2, 0.25) is 0 Å². The molecular formula is C36H52N8. The predicted molar refractivity (Wildman–Crippen MR) is 189 cm³/mol. The van der Waals surface area contributed by atoms with Gasteiger partial charge in [0.25, 0.3) is 0 Å². The summed E-state index contributed by atoms with van der Waals surface area (Å²) in [6.07, 6.45) is 7.48. The summed E-state index contributed by atoms with van der Waals surface area (Å²) in [5.74, 6) is 0. The molecule has 236 valence electrons. The number of pyridine rings is 4. The van der Waals surface area contributed by atoms with E-state index in [0.717, 1.165) is 75.1 Å². The van der Waals surface area contributed by atoms with E-state index in [1.54, 1.807) is 0 Å². The Morgan fingerprint density at radius 2 is 0.523 bits per heavy atom. The predicted octanol–water partition coefficient (Wildman–Crippen LogP) is 7.67. The molecule has 0 aromatic carbocycles. The zero-order valence-electron chi connectivity index (χ0n) is 28.2. The zero-order chi connectivity index (χ0) is 31.9. The summed E-state index contributed by atoms with van der Waals surface area (Å²) in [6, 6.07) is 16.7. The number of anilines is 4. The molecule has 8 heteroatoms. The maximum Gasteiger partial charge on any atom is 0.0907 e. The van der Waals surface area contributed by atoms with Crippen LogP contribution in [0.25, 0.3) is 22.8 Å². The van der Waals surface area contributed by atoms with Crippen LogP contribution in [0, 0.1) is 0 Å². The first-order valence-electron chi connectivity index (χ1n) is 16.3. The first-order chi connectivity index (χ1) is 21.5. The Morgan fingerprint density at radius 1 is 0.341 bits per heavy atom. The highest BCUT2D eigenvalue weighted by Crippen LogP contribution is 2.26. The molecule has 0 aliphatic rings. The Kier molecular flexibility index (Phi) is 13.9. The molecule has 0 N–H and O–H groups in total. The van der Waals surface area contributed by atoms with E-state index in [-0.39, 0.29) is 0 Å². The molecule has 4 heterocycles. The van der Waals surface area contributed by atoms with Gasteiger partial charge in [0.05, 0.1) is 22.8 Å². The molecule has 0 aliphatic heterocycles. The first-order valence-corrected chi connectivity index (χ1v) is 16.3. The standard InChI is InChI=1S/2C18H26N4/c2*1-5-21(6-2)15-9-11-19-17(13-15)18-14-16(10-12-20-18)22(7-3)8-4/h2*9-14H,5-8H2,1-4H3. The molecule has 0 aliphatic carbocycles. The summed E-state index contributed by atoms with van der Waals surface area (Å²) < 4.78 is 0. The van der Waals surface area contributed by atoms with Crippen LogP contribution in [0.3, 0.4) is 0 Å². The van der Waals surface area contributed by atoms with Crippen LogP contribution >= 0.6 is 0 Å². The lowest BCUT2D eigenvalue weighted by Crippen LogP contribution is -2.22. The topological polar surface area (TPSA) is 64.5 Å². The summed E-state index contributed by atoms with van der Waals surface area (Å²) in [7, 11) is 0. The van der Waals surface area contributed by atoms with Gasteiger partial charge in [0.1, 0.15) is 0 Å². The lowest BCUT2D eigenvalue weighted by Gasteiger charge is -2.22. The fourth-order valence-corrected chi connectivity index (χ4v) is 5.38. The summed E-state index contributed by atoms with van der Waals surface area (Å²) >= 11 is 0. The number of hydrogen-bond acceptors (Lipinski definition) is 8. The van der Waals surface area contributed by atoms with Gasteiger partial charge in [-0.15, -0.1) is 0 Å². The van der Waals surface area contributed by atoms with Crippen molar-refractivity contribution in [3.05, 3.63) is 73.3 Å². The second-order valence-electron chi connectivity index (χ2n) is 10.3. The van der Waals surface area contributed by atoms with Gasteiger partial charge in [-0.25, -0.2) is 0 Å². The van der Waals surface area contributed by atoms with E-state index in [1.165, 1.54) is 22.7 Å². The third-order valence-corrected chi connectivity index (χ3v) is 8.01. The molecule has 4 aromatic heterocycles. The van der Waals surface area contributed by atoms with E-state index in [9.17, 15) is 0 Å². The number of nitrogens with zero attached hydrogens (tertiary/aromatic N) is 8. The lowest BCUT2D eigenvalue weighted by molar-refractivity contribution is 0.863. The van der Waals surface area contributed by atoms with Crippen molar-refractivity contribution < 1.29 is 0 Å². The smallest absolute Gasteiger partial charge is 0.0907 e. The monoisotopic (exact) mass is 596 g/mol. The van der Waals surface area contributed by atoms with Crippen LogP contribution in [0.5, 0.6) is 0 Å². The molecule has 0 saturated heterocycles. The molecular weight excluding hydrogens is 544 g/mol. The van der Waals surface area contributed by atoms with Gasteiger partial charge in [-0.2, -0.15) is 0 Å². The maximum absolute atomic E-state index is 4.51. The highest BCUT2D eigenvalue weighted by Gasteiger charge is 2.10. The highest BCUT2D eigenvalue weighted by atomic mass is 15.1. The summed E-state index contributed by atoms with van der Waals surface area (Å²) in [4.78, 5) is 27.3. The Hall–Kier alpha value is -4.20. The molecule has 4 rings (SSSR count). The van der Waals surface area contributed by atoms with Crippen molar-refractivity contribution in [2.75, 3.05) is 72.0 Å². The zero-order valence-corrected chi connectivity index (χ0v) is 28.2. The molecule has 0 amide bonds. The molecule has 0 atom stereocenters. The second kappa shape index (κ2) is 17.8. The first kappa shape index (κ1) is 34.3. The Labute approximate surface area is 265 Å². The molecule has 4 aromatic rings. The van der Waals surface area contributed by atoms with Crippen molar-refractivity contribution in [3.8, 4) is 22.8 Å². The molecule has 0 unspecified atom stereocenters. The Balaban J connectivity index is 0.000000240. The fraction of sp³-hybridized carbons (Fsp3) is 0.444. The minimum absolute atomic E-state index is 0.929. The third-order valence-electron chi connectivity index (χ3n) is 8.01. The van der Waals surface area contributed by atoms with Crippen LogP contribution in [-0.4, -0.2) is 72.3 Å². The molecule has 0 spiro atoms. The average Bonchev–Trinajstić information content (AvgIpc) is 3.08. The van der Waals surface area contributed by atoms with Crippen LogP contribution in [0.2, 0.25) is 0 Å². The van der Waals surface area contributed by atoms with Crippen LogP contribution in [-0.2, 0) is 0 Å². The Bertz CT molecular complexity index is 1180. The van der Waals surface area contributed by atoms with Gasteiger partial charge in [-0.1, -0.05) is 0 Å². The van der Waals surface area contributed by atoms with Crippen LogP contribution in [0.4, 0.5) is 22.7 Å². The normalized spacial score (nSPS) is 10.5. The SMILES string of the molecule is CCN(CC)c1ccnc(-c2cc(N(CC)CC)ccn2)c1.CCN(CC)c1ccnc(-c2cc(N(CC)CC)ccn2)c1. The van der Waals surface area contributed by atoms with Gasteiger partial charge in [0, 0.05) is 99.9 Å².